The Bertz CT molecular complexity index is 450. The van der Waals surface area contributed by atoms with Crippen molar-refractivity contribution < 1.29 is 4.79 Å². The highest BCUT2D eigenvalue weighted by Crippen LogP contribution is 2.25. The number of carbonyl (C=O) groups is 1. The SMILES string of the molecule is CNC(=O)C(C)n1c(C(C)C)nc2c1CCNC2. The van der Waals surface area contributed by atoms with Crippen LogP contribution >= 0.6 is 0 Å². The molecule has 0 fully saturated rings. The molecule has 2 N–H and O–H groups in total. The lowest BCUT2D eigenvalue weighted by atomic mass is 10.1. The maximum atomic E-state index is 11.9. The first kappa shape index (κ1) is 13.1. The number of hydrogen-bond acceptors (Lipinski definition) is 3. The van der Waals surface area contributed by atoms with Gasteiger partial charge in [-0.05, 0) is 6.92 Å². The van der Waals surface area contributed by atoms with Gasteiger partial charge in [0.1, 0.15) is 11.9 Å². The minimum Gasteiger partial charge on any atom is -0.357 e. The number of amides is 1. The van der Waals surface area contributed by atoms with Crippen molar-refractivity contribution in [2.24, 2.45) is 0 Å². The molecule has 0 saturated carbocycles. The number of imidazole rings is 1. The second kappa shape index (κ2) is 5.10. The zero-order chi connectivity index (χ0) is 13.3. The normalized spacial score (nSPS) is 16.5. The predicted octanol–water partition coefficient (Wildman–Crippen LogP) is 0.959. The number of carbonyl (C=O) groups excluding carboxylic acids is 1. The van der Waals surface area contributed by atoms with Gasteiger partial charge < -0.3 is 15.2 Å². The Balaban J connectivity index is 2.48. The van der Waals surface area contributed by atoms with Crippen molar-refractivity contribution in [3.05, 3.63) is 17.2 Å². The Kier molecular flexibility index (Phi) is 3.71. The smallest absolute Gasteiger partial charge is 0.242 e. The van der Waals surface area contributed by atoms with Crippen LogP contribution in [0.2, 0.25) is 0 Å². The van der Waals surface area contributed by atoms with E-state index in [4.69, 9.17) is 4.98 Å². The van der Waals surface area contributed by atoms with Gasteiger partial charge in [0.25, 0.3) is 0 Å². The van der Waals surface area contributed by atoms with Crippen molar-refractivity contribution in [2.45, 2.75) is 45.7 Å². The third kappa shape index (κ3) is 2.14. The third-order valence-electron chi connectivity index (χ3n) is 3.48. The van der Waals surface area contributed by atoms with E-state index in [9.17, 15) is 4.79 Å². The molecule has 100 valence electrons. The van der Waals surface area contributed by atoms with E-state index in [0.717, 1.165) is 31.0 Å². The van der Waals surface area contributed by atoms with Crippen LogP contribution in [0.4, 0.5) is 0 Å². The van der Waals surface area contributed by atoms with Gasteiger partial charge in [-0.3, -0.25) is 4.79 Å². The molecule has 1 aliphatic rings. The fourth-order valence-corrected chi connectivity index (χ4v) is 2.52. The molecular weight excluding hydrogens is 228 g/mol. The maximum Gasteiger partial charge on any atom is 0.242 e. The highest BCUT2D eigenvalue weighted by Gasteiger charge is 2.26. The standard InChI is InChI=1S/C13H22N4O/c1-8(2)12-16-10-7-15-6-5-11(10)17(12)9(3)13(18)14-4/h8-9,15H,5-7H2,1-4H3,(H,14,18). The molecule has 0 spiro atoms. The lowest BCUT2D eigenvalue weighted by molar-refractivity contribution is -0.123. The van der Waals surface area contributed by atoms with E-state index in [-0.39, 0.29) is 11.9 Å². The summed E-state index contributed by atoms with van der Waals surface area (Å²) in [4.78, 5) is 16.6. The lowest BCUT2D eigenvalue weighted by Gasteiger charge is -2.21. The van der Waals surface area contributed by atoms with Crippen molar-refractivity contribution in [1.82, 2.24) is 20.2 Å². The van der Waals surface area contributed by atoms with Crippen LogP contribution in [0.15, 0.2) is 0 Å². The Hall–Kier alpha value is -1.36. The first-order chi connectivity index (χ1) is 8.56. The van der Waals surface area contributed by atoms with Crippen molar-refractivity contribution in [1.29, 1.82) is 0 Å². The fraction of sp³-hybridized carbons (Fsp3) is 0.692. The largest absolute Gasteiger partial charge is 0.357 e. The van der Waals surface area contributed by atoms with E-state index in [1.807, 2.05) is 6.92 Å². The van der Waals surface area contributed by atoms with Gasteiger partial charge in [-0.2, -0.15) is 0 Å². The molecule has 1 aliphatic heterocycles. The minimum absolute atomic E-state index is 0.0376. The highest BCUT2D eigenvalue weighted by atomic mass is 16.2. The van der Waals surface area contributed by atoms with E-state index >= 15 is 0 Å². The quantitative estimate of drug-likeness (QED) is 0.840. The molecule has 1 atom stereocenters. The molecule has 1 aromatic heterocycles. The van der Waals surface area contributed by atoms with Gasteiger partial charge in [-0.1, -0.05) is 13.8 Å². The Morgan fingerprint density at radius 3 is 2.78 bits per heavy atom. The summed E-state index contributed by atoms with van der Waals surface area (Å²) in [7, 11) is 1.68. The van der Waals surface area contributed by atoms with Crippen LogP contribution in [0.1, 0.15) is 49.9 Å². The molecule has 1 unspecified atom stereocenters. The van der Waals surface area contributed by atoms with Crippen LogP contribution in [-0.4, -0.2) is 29.1 Å². The Morgan fingerprint density at radius 2 is 2.17 bits per heavy atom. The highest BCUT2D eigenvalue weighted by molar-refractivity contribution is 5.79. The van der Waals surface area contributed by atoms with Gasteiger partial charge >= 0.3 is 0 Å². The molecule has 0 saturated heterocycles. The van der Waals surface area contributed by atoms with Gasteiger partial charge in [0.2, 0.25) is 5.91 Å². The maximum absolute atomic E-state index is 11.9. The van der Waals surface area contributed by atoms with E-state index in [2.05, 4.69) is 29.0 Å². The first-order valence-corrected chi connectivity index (χ1v) is 6.58. The molecule has 18 heavy (non-hydrogen) atoms. The van der Waals surface area contributed by atoms with Crippen molar-refractivity contribution in [3.8, 4) is 0 Å². The van der Waals surface area contributed by atoms with Crippen LogP contribution in [0.3, 0.4) is 0 Å². The molecule has 2 rings (SSSR count). The summed E-state index contributed by atoms with van der Waals surface area (Å²) in [5, 5.41) is 6.05. The first-order valence-electron chi connectivity index (χ1n) is 6.58. The monoisotopic (exact) mass is 250 g/mol. The van der Waals surface area contributed by atoms with Crippen LogP contribution in [0.25, 0.3) is 0 Å². The molecule has 1 amide bonds. The van der Waals surface area contributed by atoms with Crippen LogP contribution in [0, 0.1) is 0 Å². The molecule has 5 nitrogen and oxygen atoms in total. The fourth-order valence-electron chi connectivity index (χ4n) is 2.52. The summed E-state index contributed by atoms with van der Waals surface area (Å²) in [6.45, 7) is 7.94. The summed E-state index contributed by atoms with van der Waals surface area (Å²) in [6.07, 6.45) is 0.941. The summed E-state index contributed by atoms with van der Waals surface area (Å²) >= 11 is 0. The molecule has 0 aliphatic carbocycles. The van der Waals surface area contributed by atoms with Crippen LogP contribution < -0.4 is 10.6 Å². The van der Waals surface area contributed by atoms with Crippen molar-refractivity contribution in [2.75, 3.05) is 13.6 Å². The number of nitrogens with zero attached hydrogens (tertiary/aromatic N) is 2. The predicted molar refractivity (Wildman–Crippen MR) is 70.5 cm³/mol. The number of fused-ring (bicyclic) bond motifs is 1. The number of hydrogen-bond donors (Lipinski definition) is 2. The zero-order valence-electron chi connectivity index (χ0n) is 11.6. The van der Waals surface area contributed by atoms with Gasteiger partial charge in [-0.15, -0.1) is 0 Å². The topological polar surface area (TPSA) is 59.0 Å². The number of nitrogens with one attached hydrogen (secondary N) is 2. The molecule has 0 radical (unpaired) electrons. The summed E-state index contributed by atoms with van der Waals surface area (Å²) in [5.74, 6) is 1.37. The number of rotatable bonds is 3. The molecule has 0 aromatic carbocycles. The lowest BCUT2D eigenvalue weighted by Crippen LogP contribution is -2.32. The van der Waals surface area contributed by atoms with Crippen LogP contribution in [-0.2, 0) is 17.8 Å². The molecule has 1 aromatic rings. The Morgan fingerprint density at radius 1 is 1.44 bits per heavy atom. The molecule has 5 heteroatoms. The second-order valence-corrected chi connectivity index (χ2v) is 5.11. The second-order valence-electron chi connectivity index (χ2n) is 5.11. The molecule has 0 bridgehead atoms. The molecule has 2 heterocycles. The van der Waals surface area contributed by atoms with Gasteiger partial charge in [0, 0.05) is 38.2 Å². The number of aromatic nitrogens is 2. The summed E-state index contributed by atoms with van der Waals surface area (Å²) < 4.78 is 2.12. The average Bonchev–Trinajstić information content (AvgIpc) is 2.76. The van der Waals surface area contributed by atoms with Crippen molar-refractivity contribution >= 4 is 5.91 Å². The van der Waals surface area contributed by atoms with E-state index in [1.165, 1.54) is 5.69 Å². The summed E-state index contributed by atoms with van der Waals surface area (Å²) in [5.41, 5.74) is 2.31. The van der Waals surface area contributed by atoms with Crippen molar-refractivity contribution in [3.63, 3.8) is 0 Å². The van der Waals surface area contributed by atoms with Gasteiger partial charge in [0.05, 0.1) is 5.69 Å². The van der Waals surface area contributed by atoms with E-state index in [0.29, 0.717) is 5.92 Å². The number of likely N-dealkylation sites (N-methyl/N-ethyl adjacent to an activating group) is 1. The minimum atomic E-state index is -0.193. The third-order valence-corrected chi connectivity index (χ3v) is 3.48. The Labute approximate surface area is 108 Å². The molecular formula is C13H22N4O. The van der Waals surface area contributed by atoms with E-state index in [1.54, 1.807) is 7.05 Å². The van der Waals surface area contributed by atoms with E-state index < -0.39 is 0 Å². The van der Waals surface area contributed by atoms with Gasteiger partial charge in [0.15, 0.2) is 0 Å². The van der Waals surface area contributed by atoms with Crippen LogP contribution in [0.5, 0.6) is 0 Å². The zero-order valence-corrected chi connectivity index (χ0v) is 11.6. The average molecular weight is 250 g/mol. The summed E-state index contributed by atoms with van der Waals surface area (Å²) in [6, 6.07) is -0.193. The van der Waals surface area contributed by atoms with Gasteiger partial charge in [-0.25, -0.2) is 4.98 Å².